The van der Waals surface area contributed by atoms with Crippen LogP contribution < -0.4 is 5.32 Å². The summed E-state index contributed by atoms with van der Waals surface area (Å²) in [5, 5.41) is 2.57. The first kappa shape index (κ1) is 20.8. The Balaban J connectivity index is 1.68. The molecule has 0 radical (unpaired) electrons. The highest BCUT2D eigenvalue weighted by atomic mass is 16.2. The second kappa shape index (κ2) is 9.03. The van der Waals surface area contributed by atoms with Crippen LogP contribution in [0.4, 0.5) is 0 Å². The second-order valence-electron chi connectivity index (χ2n) is 7.53. The van der Waals surface area contributed by atoms with E-state index in [4.69, 9.17) is 0 Å². The number of likely N-dealkylation sites (N-methyl/N-ethyl adjacent to an activating group) is 1. The lowest BCUT2D eigenvalue weighted by Crippen LogP contribution is -2.47. The van der Waals surface area contributed by atoms with Crippen LogP contribution in [0.2, 0.25) is 0 Å². The average molecular weight is 397 g/mol. The predicted octanol–water partition coefficient (Wildman–Crippen LogP) is 1.49. The van der Waals surface area contributed by atoms with Gasteiger partial charge in [0.1, 0.15) is 6.04 Å². The Morgan fingerprint density at radius 3 is 2.24 bits per heavy atom. The fraction of sp³-hybridized carbons (Fsp3) is 0.455. The van der Waals surface area contributed by atoms with Gasteiger partial charge in [0.15, 0.2) is 0 Å². The van der Waals surface area contributed by atoms with Gasteiger partial charge in [-0.2, -0.15) is 0 Å². The smallest absolute Gasteiger partial charge is 0.242 e. The third-order valence-corrected chi connectivity index (χ3v) is 5.76. The fourth-order valence-corrected chi connectivity index (χ4v) is 4.01. The SMILES string of the molecule is CNC(=O)[C@H](C)N(Cc1ccccc1)C(=O)CCN1C(=O)[C@H]2CC=CC[C@H]2C1=O. The first-order valence-corrected chi connectivity index (χ1v) is 9.99. The van der Waals surface area contributed by atoms with E-state index in [9.17, 15) is 19.2 Å². The minimum Gasteiger partial charge on any atom is -0.357 e. The van der Waals surface area contributed by atoms with Crippen molar-refractivity contribution >= 4 is 23.6 Å². The summed E-state index contributed by atoms with van der Waals surface area (Å²) < 4.78 is 0. The lowest BCUT2D eigenvalue weighted by atomic mass is 9.85. The summed E-state index contributed by atoms with van der Waals surface area (Å²) >= 11 is 0. The van der Waals surface area contributed by atoms with Crippen molar-refractivity contribution in [1.29, 1.82) is 0 Å². The third-order valence-electron chi connectivity index (χ3n) is 5.76. The largest absolute Gasteiger partial charge is 0.357 e. The Morgan fingerprint density at radius 1 is 1.10 bits per heavy atom. The van der Waals surface area contributed by atoms with E-state index in [0.717, 1.165) is 5.56 Å². The maximum Gasteiger partial charge on any atom is 0.242 e. The molecule has 29 heavy (non-hydrogen) atoms. The molecule has 0 bridgehead atoms. The topological polar surface area (TPSA) is 86.8 Å². The van der Waals surface area contributed by atoms with E-state index < -0.39 is 6.04 Å². The molecular formula is C22H27N3O4. The molecule has 0 saturated carbocycles. The van der Waals surface area contributed by atoms with Crippen molar-refractivity contribution in [3.8, 4) is 0 Å². The highest BCUT2D eigenvalue weighted by Crippen LogP contribution is 2.35. The van der Waals surface area contributed by atoms with E-state index in [2.05, 4.69) is 5.32 Å². The number of allylic oxidation sites excluding steroid dienone is 2. The number of benzene rings is 1. The number of nitrogens with one attached hydrogen (secondary N) is 1. The minimum absolute atomic E-state index is 0.00147. The van der Waals surface area contributed by atoms with Gasteiger partial charge in [-0.3, -0.25) is 24.1 Å². The summed E-state index contributed by atoms with van der Waals surface area (Å²) in [6.45, 7) is 2.01. The molecule has 0 aromatic heterocycles. The molecule has 2 aliphatic rings. The van der Waals surface area contributed by atoms with Crippen LogP contribution in [0.1, 0.15) is 31.7 Å². The maximum atomic E-state index is 13.0. The number of carbonyl (C=O) groups is 4. The van der Waals surface area contributed by atoms with Crippen LogP contribution in [0.3, 0.4) is 0 Å². The van der Waals surface area contributed by atoms with Gasteiger partial charge in [0, 0.05) is 26.6 Å². The van der Waals surface area contributed by atoms with Crippen molar-refractivity contribution < 1.29 is 19.2 Å². The molecule has 1 aliphatic carbocycles. The molecule has 1 aromatic carbocycles. The van der Waals surface area contributed by atoms with Crippen LogP contribution in [-0.2, 0) is 25.7 Å². The van der Waals surface area contributed by atoms with E-state index in [1.165, 1.54) is 16.8 Å². The summed E-state index contributed by atoms with van der Waals surface area (Å²) in [6, 6.07) is 8.75. The molecule has 1 N–H and O–H groups in total. The number of rotatable bonds is 7. The molecule has 3 atom stereocenters. The molecule has 3 rings (SSSR count). The third kappa shape index (κ3) is 4.39. The molecule has 7 nitrogen and oxygen atoms in total. The second-order valence-corrected chi connectivity index (χ2v) is 7.53. The van der Waals surface area contributed by atoms with E-state index in [0.29, 0.717) is 12.8 Å². The van der Waals surface area contributed by atoms with Crippen LogP contribution in [0.25, 0.3) is 0 Å². The number of imide groups is 1. The monoisotopic (exact) mass is 397 g/mol. The number of carbonyl (C=O) groups excluding carboxylic acids is 4. The molecule has 0 unspecified atom stereocenters. The molecule has 1 saturated heterocycles. The van der Waals surface area contributed by atoms with Crippen LogP contribution in [0, 0.1) is 11.8 Å². The predicted molar refractivity (Wildman–Crippen MR) is 107 cm³/mol. The molecule has 4 amide bonds. The highest BCUT2D eigenvalue weighted by Gasteiger charge is 2.47. The van der Waals surface area contributed by atoms with E-state index in [1.807, 2.05) is 42.5 Å². The minimum atomic E-state index is -0.663. The molecule has 1 aliphatic heterocycles. The summed E-state index contributed by atoms with van der Waals surface area (Å²) in [4.78, 5) is 53.0. The van der Waals surface area contributed by atoms with Gasteiger partial charge in [0.2, 0.25) is 23.6 Å². The van der Waals surface area contributed by atoms with E-state index in [1.54, 1.807) is 6.92 Å². The van der Waals surface area contributed by atoms with E-state index in [-0.39, 0.29) is 55.0 Å². The Morgan fingerprint density at radius 2 is 1.69 bits per heavy atom. The fourth-order valence-electron chi connectivity index (χ4n) is 4.01. The van der Waals surface area contributed by atoms with Gasteiger partial charge >= 0.3 is 0 Å². The zero-order valence-corrected chi connectivity index (χ0v) is 16.8. The zero-order valence-electron chi connectivity index (χ0n) is 16.8. The molecule has 1 fully saturated rings. The van der Waals surface area contributed by atoms with Crippen LogP contribution in [-0.4, -0.2) is 53.1 Å². The highest BCUT2D eigenvalue weighted by molar-refractivity contribution is 6.05. The van der Waals surface area contributed by atoms with Crippen molar-refractivity contribution in [2.24, 2.45) is 11.8 Å². The summed E-state index contributed by atoms with van der Waals surface area (Å²) in [5.74, 6) is -1.50. The Kier molecular flexibility index (Phi) is 6.46. The number of likely N-dealkylation sites (tertiary alicyclic amines) is 1. The first-order valence-electron chi connectivity index (χ1n) is 9.99. The molecule has 1 aromatic rings. The summed E-state index contributed by atoms with van der Waals surface area (Å²) in [5.41, 5.74) is 0.905. The van der Waals surface area contributed by atoms with Gasteiger partial charge in [-0.25, -0.2) is 0 Å². The van der Waals surface area contributed by atoms with Crippen molar-refractivity contribution in [3.63, 3.8) is 0 Å². The van der Waals surface area contributed by atoms with Crippen molar-refractivity contribution in [3.05, 3.63) is 48.0 Å². The molecule has 154 valence electrons. The van der Waals surface area contributed by atoms with Crippen molar-refractivity contribution in [1.82, 2.24) is 15.1 Å². The number of amides is 4. The quantitative estimate of drug-likeness (QED) is 0.558. The van der Waals surface area contributed by atoms with Crippen molar-refractivity contribution in [2.45, 2.75) is 38.8 Å². The first-order chi connectivity index (χ1) is 13.9. The summed E-state index contributed by atoms with van der Waals surface area (Å²) in [6.07, 6.45) is 5.03. The number of nitrogens with zero attached hydrogens (tertiary/aromatic N) is 2. The lowest BCUT2D eigenvalue weighted by molar-refractivity contribution is -0.143. The van der Waals surface area contributed by atoms with Crippen LogP contribution in [0.5, 0.6) is 0 Å². The molecule has 7 heteroatoms. The number of hydrogen-bond donors (Lipinski definition) is 1. The number of hydrogen-bond acceptors (Lipinski definition) is 4. The van der Waals surface area contributed by atoms with Gasteiger partial charge in [0.25, 0.3) is 0 Å². The van der Waals surface area contributed by atoms with Gasteiger partial charge in [-0.15, -0.1) is 0 Å². The Labute approximate surface area is 170 Å². The van der Waals surface area contributed by atoms with Crippen LogP contribution >= 0.6 is 0 Å². The normalized spacial score (nSPS) is 21.7. The standard InChI is InChI=1S/C22H27N3O4/c1-15(20(27)23-2)25(14-16-8-4-3-5-9-16)19(26)12-13-24-21(28)17-10-6-7-11-18(17)22(24)29/h3-9,15,17-18H,10-14H2,1-2H3,(H,23,27)/t15-,17-,18+/m0/s1. The molecule has 1 heterocycles. The van der Waals surface area contributed by atoms with Gasteiger partial charge in [0.05, 0.1) is 11.8 Å². The average Bonchev–Trinajstić information content (AvgIpc) is 3.00. The zero-order chi connectivity index (χ0) is 21.0. The van der Waals surface area contributed by atoms with Gasteiger partial charge in [-0.1, -0.05) is 42.5 Å². The maximum absolute atomic E-state index is 13.0. The Hall–Kier alpha value is -2.96. The molecular weight excluding hydrogens is 370 g/mol. The van der Waals surface area contributed by atoms with Gasteiger partial charge in [-0.05, 0) is 25.3 Å². The van der Waals surface area contributed by atoms with Crippen LogP contribution in [0.15, 0.2) is 42.5 Å². The molecule has 0 spiro atoms. The van der Waals surface area contributed by atoms with Gasteiger partial charge < -0.3 is 10.2 Å². The Bertz CT molecular complexity index is 795. The summed E-state index contributed by atoms with van der Waals surface area (Å²) in [7, 11) is 1.53. The van der Waals surface area contributed by atoms with Crippen molar-refractivity contribution in [2.75, 3.05) is 13.6 Å². The lowest BCUT2D eigenvalue weighted by Gasteiger charge is -2.29. The number of fused-ring (bicyclic) bond motifs is 1. The van der Waals surface area contributed by atoms with E-state index >= 15 is 0 Å².